The van der Waals surface area contributed by atoms with Crippen molar-refractivity contribution in [2.24, 2.45) is 16.6 Å². The minimum atomic E-state index is 0. The molecule has 1 aliphatic heterocycles. The Bertz CT molecular complexity index is 214. The number of hydrogen-bond acceptors (Lipinski definition) is 3. The minimum absolute atomic E-state index is 0. The molecule has 0 saturated carbocycles. The largest absolute Gasteiger partial charge is 0.382 e. The first kappa shape index (κ1) is 15.9. The first-order valence-corrected chi connectivity index (χ1v) is 5.31. The molecular formula is C10H22IN3O2. The lowest BCUT2D eigenvalue weighted by atomic mass is 10.1. The van der Waals surface area contributed by atoms with E-state index in [1.165, 1.54) is 0 Å². The number of nitrogens with zero attached hydrogens (tertiary/aromatic N) is 2. The number of halogens is 1. The molecule has 0 amide bonds. The molecule has 0 aromatic rings. The number of likely N-dealkylation sites (tertiary alicyclic amines) is 1. The lowest BCUT2D eigenvalue weighted by Gasteiger charge is -2.16. The van der Waals surface area contributed by atoms with Gasteiger partial charge in [0.05, 0.1) is 19.8 Å². The second-order valence-electron chi connectivity index (χ2n) is 3.75. The fourth-order valence-electron chi connectivity index (χ4n) is 1.71. The highest BCUT2D eigenvalue weighted by molar-refractivity contribution is 14.0. The van der Waals surface area contributed by atoms with Crippen LogP contribution in [0.15, 0.2) is 4.99 Å². The highest BCUT2D eigenvalue weighted by atomic mass is 127. The zero-order valence-corrected chi connectivity index (χ0v) is 12.3. The molecule has 0 bridgehead atoms. The molecule has 1 heterocycles. The van der Waals surface area contributed by atoms with Crippen LogP contribution in [0.5, 0.6) is 0 Å². The summed E-state index contributed by atoms with van der Waals surface area (Å²) in [6, 6.07) is 0. The SMILES string of the molecule is CN=C(N)N1CCC(COCCOC)C1.I. The van der Waals surface area contributed by atoms with Crippen LogP contribution in [0.2, 0.25) is 0 Å². The van der Waals surface area contributed by atoms with Crippen LogP contribution in [-0.2, 0) is 9.47 Å². The Labute approximate surface area is 114 Å². The summed E-state index contributed by atoms with van der Waals surface area (Å²) in [5.74, 6) is 1.21. The zero-order valence-electron chi connectivity index (χ0n) is 10.0. The van der Waals surface area contributed by atoms with E-state index in [0.29, 0.717) is 25.1 Å². The topological polar surface area (TPSA) is 60.1 Å². The second-order valence-corrected chi connectivity index (χ2v) is 3.75. The fourth-order valence-corrected chi connectivity index (χ4v) is 1.71. The normalized spacial score (nSPS) is 21.0. The molecule has 16 heavy (non-hydrogen) atoms. The standard InChI is InChI=1S/C10H21N3O2.HI/c1-12-10(11)13-4-3-9(7-13)8-15-6-5-14-2;/h9H,3-8H2,1-2H3,(H2,11,12);1H. The van der Waals surface area contributed by atoms with Gasteiger partial charge in [-0.3, -0.25) is 4.99 Å². The maximum Gasteiger partial charge on any atom is 0.190 e. The highest BCUT2D eigenvalue weighted by Crippen LogP contribution is 2.15. The molecule has 6 heteroatoms. The van der Waals surface area contributed by atoms with Crippen molar-refractivity contribution in [2.45, 2.75) is 6.42 Å². The van der Waals surface area contributed by atoms with Crippen LogP contribution in [-0.4, -0.2) is 57.9 Å². The minimum Gasteiger partial charge on any atom is -0.382 e. The van der Waals surface area contributed by atoms with E-state index in [-0.39, 0.29) is 24.0 Å². The summed E-state index contributed by atoms with van der Waals surface area (Å²) < 4.78 is 10.4. The van der Waals surface area contributed by atoms with Crippen molar-refractivity contribution in [3.05, 3.63) is 0 Å². The number of methoxy groups -OCH3 is 1. The fraction of sp³-hybridized carbons (Fsp3) is 0.900. The molecule has 1 fully saturated rings. The molecule has 0 radical (unpaired) electrons. The van der Waals surface area contributed by atoms with Crippen molar-refractivity contribution in [3.63, 3.8) is 0 Å². The predicted molar refractivity (Wildman–Crippen MR) is 75.3 cm³/mol. The van der Waals surface area contributed by atoms with E-state index in [2.05, 4.69) is 9.89 Å². The summed E-state index contributed by atoms with van der Waals surface area (Å²) in [5, 5.41) is 0. The number of aliphatic imine (C=N–C) groups is 1. The van der Waals surface area contributed by atoms with E-state index in [0.717, 1.165) is 26.1 Å². The van der Waals surface area contributed by atoms with E-state index in [1.807, 2.05) is 0 Å². The Hall–Kier alpha value is -0.0800. The molecular weight excluding hydrogens is 321 g/mol. The van der Waals surface area contributed by atoms with Crippen molar-refractivity contribution in [3.8, 4) is 0 Å². The Morgan fingerprint density at radius 1 is 1.50 bits per heavy atom. The van der Waals surface area contributed by atoms with Gasteiger partial charge in [-0.2, -0.15) is 0 Å². The molecule has 0 aliphatic carbocycles. The van der Waals surface area contributed by atoms with E-state index >= 15 is 0 Å². The van der Waals surface area contributed by atoms with E-state index < -0.39 is 0 Å². The Morgan fingerprint density at radius 2 is 2.25 bits per heavy atom. The third-order valence-corrected chi connectivity index (χ3v) is 2.62. The first-order valence-electron chi connectivity index (χ1n) is 5.31. The molecule has 2 N–H and O–H groups in total. The van der Waals surface area contributed by atoms with Gasteiger partial charge in [0.2, 0.25) is 0 Å². The van der Waals surface area contributed by atoms with Gasteiger partial charge >= 0.3 is 0 Å². The van der Waals surface area contributed by atoms with E-state index in [1.54, 1.807) is 14.2 Å². The van der Waals surface area contributed by atoms with Crippen LogP contribution in [0.3, 0.4) is 0 Å². The molecule has 96 valence electrons. The van der Waals surface area contributed by atoms with Gasteiger partial charge in [0.25, 0.3) is 0 Å². The molecule has 1 atom stereocenters. The molecule has 1 rings (SSSR count). The summed E-state index contributed by atoms with van der Waals surface area (Å²) in [6.45, 7) is 4.06. The summed E-state index contributed by atoms with van der Waals surface area (Å²) in [7, 11) is 3.40. The molecule has 0 aromatic heterocycles. The first-order chi connectivity index (χ1) is 7.27. The summed E-state index contributed by atoms with van der Waals surface area (Å²) in [5.41, 5.74) is 5.73. The van der Waals surface area contributed by atoms with E-state index in [4.69, 9.17) is 15.2 Å². The van der Waals surface area contributed by atoms with E-state index in [9.17, 15) is 0 Å². The monoisotopic (exact) mass is 343 g/mol. The number of ether oxygens (including phenoxy) is 2. The lowest BCUT2D eigenvalue weighted by molar-refractivity contribution is 0.0536. The van der Waals surface area contributed by atoms with Crippen molar-refractivity contribution >= 4 is 29.9 Å². The maximum absolute atomic E-state index is 5.73. The number of rotatable bonds is 5. The lowest BCUT2D eigenvalue weighted by Crippen LogP contribution is -2.35. The summed E-state index contributed by atoms with van der Waals surface area (Å²) >= 11 is 0. The van der Waals surface area contributed by atoms with Gasteiger partial charge in [-0.1, -0.05) is 0 Å². The van der Waals surface area contributed by atoms with Gasteiger partial charge < -0.3 is 20.1 Å². The van der Waals surface area contributed by atoms with Crippen molar-refractivity contribution in [1.82, 2.24) is 4.90 Å². The zero-order chi connectivity index (χ0) is 11.1. The molecule has 0 spiro atoms. The molecule has 1 unspecified atom stereocenters. The second kappa shape index (κ2) is 9.00. The van der Waals surface area contributed by atoms with Crippen LogP contribution in [0.4, 0.5) is 0 Å². The maximum atomic E-state index is 5.73. The average Bonchev–Trinajstić information content (AvgIpc) is 2.72. The van der Waals surface area contributed by atoms with Crippen LogP contribution in [0.1, 0.15) is 6.42 Å². The smallest absolute Gasteiger partial charge is 0.190 e. The van der Waals surface area contributed by atoms with Crippen molar-refractivity contribution in [1.29, 1.82) is 0 Å². The number of nitrogens with two attached hydrogens (primary N) is 1. The molecule has 5 nitrogen and oxygen atoms in total. The summed E-state index contributed by atoms with van der Waals surface area (Å²) in [6.07, 6.45) is 1.13. The van der Waals surface area contributed by atoms with Crippen molar-refractivity contribution < 1.29 is 9.47 Å². The van der Waals surface area contributed by atoms with Gasteiger partial charge in [0, 0.05) is 33.2 Å². The molecule has 1 aliphatic rings. The third kappa shape index (κ3) is 5.31. The van der Waals surface area contributed by atoms with Crippen molar-refractivity contribution in [2.75, 3.05) is 47.1 Å². The average molecular weight is 343 g/mol. The van der Waals surface area contributed by atoms with Gasteiger partial charge in [-0.25, -0.2) is 0 Å². The van der Waals surface area contributed by atoms with Gasteiger partial charge in [-0.05, 0) is 6.42 Å². The Morgan fingerprint density at radius 3 is 2.88 bits per heavy atom. The van der Waals surface area contributed by atoms with Gasteiger partial charge in [-0.15, -0.1) is 24.0 Å². The quantitative estimate of drug-likeness (QED) is 0.343. The van der Waals surface area contributed by atoms with Gasteiger partial charge in [0.1, 0.15) is 0 Å². The van der Waals surface area contributed by atoms with Crippen LogP contribution in [0.25, 0.3) is 0 Å². The highest BCUT2D eigenvalue weighted by Gasteiger charge is 2.23. The molecule has 0 aromatic carbocycles. The Kier molecular flexibility index (Phi) is 8.96. The predicted octanol–water partition coefficient (Wildman–Crippen LogP) is 0.534. The van der Waals surface area contributed by atoms with Crippen LogP contribution >= 0.6 is 24.0 Å². The Balaban J connectivity index is 0.00000225. The van der Waals surface area contributed by atoms with Gasteiger partial charge in [0.15, 0.2) is 5.96 Å². The third-order valence-electron chi connectivity index (χ3n) is 2.62. The molecule has 1 saturated heterocycles. The van der Waals surface area contributed by atoms with Crippen LogP contribution < -0.4 is 5.73 Å². The number of hydrogen-bond donors (Lipinski definition) is 1. The number of guanidine groups is 1. The van der Waals surface area contributed by atoms with Crippen LogP contribution in [0, 0.1) is 5.92 Å². The summed E-state index contributed by atoms with van der Waals surface area (Å²) in [4.78, 5) is 6.08.